The molecular weight excluding hydrogens is 560 g/mol. The highest BCUT2D eigenvalue weighted by atomic mass is 16.3. The molecule has 216 valence electrons. The Morgan fingerprint density at radius 1 is 0.435 bits per heavy atom. The summed E-state index contributed by atoms with van der Waals surface area (Å²) in [6.07, 6.45) is 1.79. The Kier molecular flexibility index (Phi) is 6.14. The van der Waals surface area contributed by atoms with Crippen LogP contribution in [-0.2, 0) is 0 Å². The van der Waals surface area contributed by atoms with Gasteiger partial charge in [0.2, 0.25) is 5.71 Å². The van der Waals surface area contributed by atoms with E-state index in [1.807, 2.05) is 6.07 Å². The van der Waals surface area contributed by atoms with E-state index >= 15 is 0 Å². The molecule has 2 heterocycles. The lowest BCUT2D eigenvalue weighted by atomic mass is 9.99. The van der Waals surface area contributed by atoms with Gasteiger partial charge in [-0.15, -0.1) is 0 Å². The molecule has 0 saturated heterocycles. The summed E-state index contributed by atoms with van der Waals surface area (Å²) in [6, 6.07) is 58.2. The molecule has 0 saturated carbocycles. The van der Waals surface area contributed by atoms with Gasteiger partial charge in [0.25, 0.3) is 0 Å². The number of pyridine rings is 1. The summed E-state index contributed by atoms with van der Waals surface area (Å²) < 4.78 is 6.50. The number of benzene rings is 7. The van der Waals surface area contributed by atoms with Crippen molar-refractivity contribution in [3.05, 3.63) is 170 Å². The molecule has 0 aliphatic heterocycles. The highest BCUT2D eigenvalue weighted by Gasteiger charge is 2.22. The van der Waals surface area contributed by atoms with E-state index in [1.54, 1.807) is 6.20 Å². The number of rotatable bonds is 5. The smallest absolute Gasteiger partial charge is 0.227 e. The summed E-state index contributed by atoms with van der Waals surface area (Å²) in [7, 11) is 0. The molecule has 3 heteroatoms. The second kappa shape index (κ2) is 10.8. The highest BCUT2D eigenvalue weighted by molar-refractivity contribution is 6.21. The molecule has 0 unspecified atom stereocenters. The minimum absolute atomic E-state index is 0.638. The van der Waals surface area contributed by atoms with Crippen LogP contribution in [0.15, 0.2) is 174 Å². The molecule has 9 rings (SSSR count). The minimum Gasteiger partial charge on any atom is -0.437 e. The maximum Gasteiger partial charge on any atom is 0.227 e. The first-order chi connectivity index (χ1) is 22.8. The second-order valence-electron chi connectivity index (χ2n) is 11.6. The van der Waals surface area contributed by atoms with Crippen LogP contribution in [0.2, 0.25) is 0 Å². The average molecular weight is 589 g/mol. The molecule has 46 heavy (non-hydrogen) atoms. The fraction of sp³-hybridized carbons (Fsp3) is 0. The molecular formula is C43H28N2O. The van der Waals surface area contributed by atoms with E-state index in [9.17, 15) is 0 Å². The topological polar surface area (TPSA) is 29.3 Å². The second-order valence-corrected chi connectivity index (χ2v) is 11.6. The third-order valence-electron chi connectivity index (χ3n) is 8.88. The Morgan fingerprint density at radius 2 is 1.11 bits per heavy atom. The Hall–Kier alpha value is -6.19. The fourth-order valence-corrected chi connectivity index (χ4v) is 6.66. The molecule has 0 spiro atoms. The lowest BCUT2D eigenvalue weighted by Crippen LogP contribution is -2.10. The molecule has 0 amide bonds. The van der Waals surface area contributed by atoms with E-state index in [4.69, 9.17) is 4.42 Å². The normalized spacial score (nSPS) is 11.5. The lowest BCUT2D eigenvalue weighted by Gasteiger charge is -2.27. The van der Waals surface area contributed by atoms with Gasteiger partial charge in [0.15, 0.2) is 0 Å². The highest BCUT2D eigenvalue weighted by Crippen LogP contribution is 2.46. The van der Waals surface area contributed by atoms with Gasteiger partial charge in [-0.2, -0.15) is 0 Å². The molecule has 0 bridgehead atoms. The first-order valence-corrected chi connectivity index (χ1v) is 15.5. The van der Waals surface area contributed by atoms with Gasteiger partial charge in [-0.05, 0) is 86.9 Å². The first kappa shape index (κ1) is 26.2. The van der Waals surface area contributed by atoms with E-state index in [0.29, 0.717) is 5.71 Å². The van der Waals surface area contributed by atoms with Crippen molar-refractivity contribution in [2.75, 3.05) is 4.90 Å². The van der Waals surface area contributed by atoms with Gasteiger partial charge in [0.05, 0.1) is 16.5 Å². The zero-order chi connectivity index (χ0) is 30.5. The van der Waals surface area contributed by atoms with Crippen LogP contribution in [0.5, 0.6) is 0 Å². The van der Waals surface area contributed by atoms with Gasteiger partial charge in [-0.3, -0.25) is 0 Å². The Bertz CT molecular complexity index is 2530. The number of hydrogen-bond acceptors (Lipinski definition) is 3. The van der Waals surface area contributed by atoms with Crippen molar-refractivity contribution in [2.24, 2.45) is 0 Å². The van der Waals surface area contributed by atoms with E-state index in [1.165, 1.54) is 27.5 Å². The maximum absolute atomic E-state index is 6.50. The Morgan fingerprint density at radius 3 is 1.98 bits per heavy atom. The van der Waals surface area contributed by atoms with Crippen LogP contribution < -0.4 is 4.90 Å². The van der Waals surface area contributed by atoms with Crippen LogP contribution in [-0.4, -0.2) is 4.98 Å². The Labute approximate surface area is 266 Å². The summed E-state index contributed by atoms with van der Waals surface area (Å²) in [5.41, 5.74) is 9.36. The summed E-state index contributed by atoms with van der Waals surface area (Å²) >= 11 is 0. The zero-order valence-electron chi connectivity index (χ0n) is 25.0. The SMILES string of the molecule is c1ccc(-c2ccc(N(c3cccc(-c4ccc5ccccc5c4)c3)c3cc4ccccc4c4oc5ncccc5c34)cc2)cc1. The molecule has 0 aliphatic carbocycles. The summed E-state index contributed by atoms with van der Waals surface area (Å²) in [6.45, 7) is 0. The van der Waals surface area contributed by atoms with Crippen LogP contribution in [0.1, 0.15) is 0 Å². The Balaban J connectivity index is 1.30. The molecule has 0 radical (unpaired) electrons. The number of aromatic nitrogens is 1. The predicted molar refractivity (Wildman–Crippen MR) is 192 cm³/mol. The van der Waals surface area contributed by atoms with Crippen molar-refractivity contribution in [3.8, 4) is 22.3 Å². The van der Waals surface area contributed by atoms with Crippen LogP contribution in [0.25, 0.3) is 65.9 Å². The average Bonchev–Trinajstić information content (AvgIpc) is 3.53. The quantitative estimate of drug-likeness (QED) is 0.200. The number of nitrogens with zero attached hydrogens (tertiary/aromatic N) is 2. The van der Waals surface area contributed by atoms with E-state index in [2.05, 4.69) is 168 Å². The molecule has 0 N–H and O–H groups in total. The number of anilines is 3. The number of furan rings is 1. The molecule has 7 aromatic carbocycles. The van der Waals surface area contributed by atoms with Gasteiger partial charge in [0, 0.05) is 23.0 Å². The van der Waals surface area contributed by atoms with E-state index in [0.717, 1.165) is 49.8 Å². The van der Waals surface area contributed by atoms with Crippen molar-refractivity contribution >= 4 is 60.7 Å². The van der Waals surface area contributed by atoms with Crippen LogP contribution in [0.3, 0.4) is 0 Å². The minimum atomic E-state index is 0.638. The summed E-state index contributed by atoms with van der Waals surface area (Å²) in [4.78, 5) is 6.97. The molecule has 0 fully saturated rings. The monoisotopic (exact) mass is 588 g/mol. The van der Waals surface area contributed by atoms with Crippen LogP contribution >= 0.6 is 0 Å². The van der Waals surface area contributed by atoms with Crippen molar-refractivity contribution in [2.45, 2.75) is 0 Å². The lowest BCUT2D eigenvalue weighted by molar-refractivity contribution is 0.657. The van der Waals surface area contributed by atoms with Crippen molar-refractivity contribution in [3.63, 3.8) is 0 Å². The fourth-order valence-electron chi connectivity index (χ4n) is 6.66. The van der Waals surface area contributed by atoms with Gasteiger partial charge in [0.1, 0.15) is 5.58 Å². The van der Waals surface area contributed by atoms with E-state index < -0.39 is 0 Å². The summed E-state index contributed by atoms with van der Waals surface area (Å²) in [5, 5.41) is 6.69. The number of hydrogen-bond donors (Lipinski definition) is 0. The largest absolute Gasteiger partial charge is 0.437 e. The van der Waals surface area contributed by atoms with Gasteiger partial charge >= 0.3 is 0 Å². The zero-order valence-corrected chi connectivity index (χ0v) is 25.0. The predicted octanol–water partition coefficient (Wildman–Crippen LogP) is 12.1. The van der Waals surface area contributed by atoms with Crippen molar-refractivity contribution < 1.29 is 4.42 Å². The molecule has 3 nitrogen and oxygen atoms in total. The third-order valence-corrected chi connectivity index (χ3v) is 8.88. The molecule has 9 aromatic rings. The van der Waals surface area contributed by atoms with Crippen LogP contribution in [0, 0.1) is 0 Å². The standard InChI is InChI=1S/C43H28N2O/c1-2-10-29(11-3-1)31-21-23-36(24-22-31)45(37-16-8-15-33(27-37)34-20-19-30-12-4-5-13-32(30)26-34)40-28-35-14-6-7-17-38(35)42-41(40)39-18-9-25-44-43(39)46-42/h1-28H. The van der Waals surface area contributed by atoms with Crippen molar-refractivity contribution in [1.82, 2.24) is 4.98 Å². The molecule has 0 aliphatic rings. The van der Waals surface area contributed by atoms with E-state index in [-0.39, 0.29) is 0 Å². The maximum atomic E-state index is 6.50. The van der Waals surface area contributed by atoms with Gasteiger partial charge < -0.3 is 9.32 Å². The van der Waals surface area contributed by atoms with Gasteiger partial charge in [-0.25, -0.2) is 4.98 Å². The number of fused-ring (bicyclic) bond motifs is 6. The van der Waals surface area contributed by atoms with Crippen LogP contribution in [0.4, 0.5) is 17.1 Å². The summed E-state index contributed by atoms with van der Waals surface area (Å²) in [5.74, 6) is 0. The molecule has 2 aromatic heterocycles. The first-order valence-electron chi connectivity index (χ1n) is 15.5. The van der Waals surface area contributed by atoms with Gasteiger partial charge in [-0.1, -0.05) is 115 Å². The third kappa shape index (κ3) is 4.41. The van der Waals surface area contributed by atoms with Crippen molar-refractivity contribution in [1.29, 1.82) is 0 Å². The molecule has 0 atom stereocenters.